The number of rotatable bonds is 6. The fourth-order valence-corrected chi connectivity index (χ4v) is 3.96. The van der Waals surface area contributed by atoms with E-state index in [1.54, 1.807) is 25.0 Å². The molecule has 1 atom stereocenters. The summed E-state index contributed by atoms with van der Waals surface area (Å²) in [4.78, 5) is 27.6. The highest BCUT2D eigenvalue weighted by Crippen LogP contribution is 2.25. The maximum absolute atomic E-state index is 13.2. The van der Waals surface area contributed by atoms with Crippen molar-refractivity contribution in [1.82, 2.24) is 14.7 Å². The van der Waals surface area contributed by atoms with E-state index in [-0.39, 0.29) is 11.5 Å². The molecule has 1 unspecified atom stereocenters. The van der Waals surface area contributed by atoms with Crippen LogP contribution in [-0.2, 0) is 17.8 Å². The van der Waals surface area contributed by atoms with Gasteiger partial charge in [-0.15, -0.1) is 0 Å². The molecular weight excluding hydrogens is 406 g/mol. The normalized spacial score (nSPS) is 13.9. The molecule has 0 bridgehead atoms. The van der Waals surface area contributed by atoms with E-state index in [2.05, 4.69) is 5.10 Å². The fraction of sp³-hybridized carbons (Fsp3) is 0.320. The van der Waals surface area contributed by atoms with E-state index in [1.165, 1.54) is 16.3 Å². The van der Waals surface area contributed by atoms with Crippen LogP contribution >= 0.6 is 0 Å². The number of nitrogens with zero attached hydrogens (tertiary/aromatic N) is 3. The van der Waals surface area contributed by atoms with E-state index in [1.807, 2.05) is 49.4 Å². The van der Waals surface area contributed by atoms with Gasteiger partial charge in [0.15, 0.2) is 0 Å². The first-order valence-corrected chi connectivity index (χ1v) is 10.8. The average molecular weight is 434 g/mol. The van der Waals surface area contributed by atoms with Gasteiger partial charge < -0.3 is 14.4 Å². The largest absolute Gasteiger partial charge is 0.497 e. The van der Waals surface area contributed by atoms with E-state index in [0.29, 0.717) is 25.4 Å². The molecule has 0 aliphatic carbocycles. The Morgan fingerprint density at radius 1 is 1.06 bits per heavy atom. The zero-order valence-electron chi connectivity index (χ0n) is 18.6. The van der Waals surface area contributed by atoms with Crippen molar-refractivity contribution in [3.8, 4) is 22.8 Å². The van der Waals surface area contributed by atoms with Crippen molar-refractivity contribution in [2.45, 2.75) is 32.9 Å². The van der Waals surface area contributed by atoms with E-state index in [9.17, 15) is 9.59 Å². The molecular formula is C25H27N3O4. The summed E-state index contributed by atoms with van der Waals surface area (Å²) in [6, 6.07) is 15.9. The molecule has 1 aliphatic rings. The molecule has 166 valence electrons. The van der Waals surface area contributed by atoms with Gasteiger partial charge in [-0.05, 0) is 73.9 Å². The van der Waals surface area contributed by atoms with Crippen molar-refractivity contribution >= 4 is 5.91 Å². The minimum absolute atomic E-state index is 0.120. The van der Waals surface area contributed by atoms with Crippen LogP contribution in [0.2, 0.25) is 0 Å². The van der Waals surface area contributed by atoms with Crippen molar-refractivity contribution in [3.05, 3.63) is 76.1 Å². The van der Waals surface area contributed by atoms with Crippen molar-refractivity contribution in [1.29, 1.82) is 0 Å². The molecule has 3 aromatic rings. The monoisotopic (exact) mass is 433 g/mol. The maximum Gasteiger partial charge on any atom is 0.267 e. The molecule has 1 amide bonds. The topological polar surface area (TPSA) is 73.7 Å². The Hall–Kier alpha value is -3.61. The van der Waals surface area contributed by atoms with E-state index in [0.717, 1.165) is 29.0 Å². The van der Waals surface area contributed by atoms with Crippen LogP contribution in [0.3, 0.4) is 0 Å². The number of carbonyl (C=O) groups is 1. The third kappa shape index (κ3) is 4.37. The lowest BCUT2D eigenvalue weighted by molar-refractivity contribution is -0.135. The summed E-state index contributed by atoms with van der Waals surface area (Å²) in [5.74, 6) is 1.47. The van der Waals surface area contributed by atoms with E-state index in [4.69, 9.17) is 9.47 Å². The van der Waals surface area contributed by atoms with Gasteiger partial charge in [0, 0.05) is 24.7 Å². The number of ether oxygens (including phenoxy) is 2. The van der Waals surface area contributed by atoms with Crippen molar-refractivity contribution in [3.63, 3.8) is 0 Å². The molecule has 0 radical (unpaired) electrons. The predicted octanol–water partition coefficient (Wildman–Crippen LogP) is 3.46. The number of methoxy groups -OCH3 is 1. The van der Waals surface area contributed by atoms with Crippen LogP contribution in [0.15, 0.2) is 59.4 Å². The Labute approximate surface area is 187 Å². The Bertz CT molecular complexity index is 1170. The Kier molecular flexibility index (Phi) is 6.25. The lowest BCUT2D eigenvalue weighted by Gasteiger charge is -2.31. The van der Waals surface area contributed by atoms with Gasteiger partial charge in [0.1, 0.15) is 17.5 Å². The summed E-state index contributed by atoms with van der Waals surface area (Å²) in [5, 5.41) is 4.50. The van der Waals surface area contributed by atoms with Crippen LogP contribution in [0.5, 0.6) is 11.5 Å². The molecule has 4 rings (SSSR count). The molecule has 0 spiro atoms. The highest BCUT2D eigenvalue weighted by molar-refractivity contribution is 5.80. The Morgan fingerprint density at radius 2 is 1.81 bits per heavy atom. The quantitative estimate of drug-likeness (QED) is 0.595. The zero-order chi connectivity index (χ0) is 22.7. The SMILES string of the molecule is CCOc1ccc(-c2ccc(=O)n(C(C)C(=O)N3CCc4cc(OC)ccc4C3)n2)cc1. The van der Waals surface area contributed by atoms with Gasteiger partial charge in [-0.2, -0.15) is 5.10 Å². The van der Waals surface area contributed by atoms with E-state index >= 15 is 0 Å². The van der Waals surface area contributed by atoms with Crippen LogP contribution in [0, 0.1) is 0 Å². The summed E-state index contributed by atoms with van der Waals surface area (Å²) < 4.78 is 12.1. The second-order valence-electron chi connectivity index (χ2n) is 7.78. The predicted molar refractivity (Wildman–Crippen MR) is 122 cm³/mol. The maximum atomic E-state index is 13.2. The lowest BCUT2D eigenvalue weighted by Crippen LogP contribution is -2.42. The van der Waals surface area contributed by atoms with Crippen LogP contribution in [0.25, 0.3) is 11.3 Å². The second kappa shape index (κ2) is 9.26. The van der Waals surface area contributed by atoms with Gasteiger partial charge in [-0.3, -0.25) is 9.59 Å². The van der Waals surface area contributed by atoms with Gasteiger partial charge in [0.05, 0.1) is 19.4 Å². The minimum Gasteiger partial charge on any atom is -0.497 e. The summed E-state index contributed by atoms with van der Waals surface area (Å²) >= 11 is 0. The Balaban J connectivity index is 1.54. The standard InChI is InChI=1S/C25H27N3O4/c1-4-32-21-8-5-18(6-9-21)23-11-12-24(29)28(26-23)17(2)25(30)27-14-13-19-15-22(31-3)10-7-20(19)16-27/h5-12,15,17H,4,13-14,16H2,1-3H3. The number of carbonyl (C=O) groups excluding carboxylic acids is 1. The molecule has 7 nitrogen and oxygen atoms in total. The van der Waals surface area contributed by atoms with Crippen LogP contribution in [-0.4, -0.2) is 40.8 Å². The highest BCUT2D eigenvalue weighted by atomic mass is 16.5. The van der Waals surface area contributed by atoms with Crippen molar-refractivity contribution < 1.29 is 14.3 Å². The van der Waals surface area contributed by atoms with Gasteiger partial charge in [0.2, 0.25) is 5.91 Å². The van der Waals surface area contributed by atoms with Gasteiger partial charge in [-0.1, -0.05) is 6.07 Å². The highest BCUT2D eigenvalue weighted by Gasteiger charge is 2.27. The zero-order valence-corrected chi connectivity index (χ0v) is 18.6. The van der Waals surface area contributed by atoms with Gasteiger partial charge in [0.25, 0.3) is 5.56 Å². The summed E-state index contributed by atoms with van der Waals surface area (Å²) in [6.45, 7) is 5.35. The third-order valence-corrected chi connectivity index (χ3v) is 5.75. The molecule has 0 saturated carbocycles. The van der Waals surface area contributed by atoms with Crippen LogP contribution < -0.4 is 15.0 Å². The summed E-state index contributed by atoms with van der Waals surface area (Å²) in [6.07, 6.45) is 0.750. The fourth-order valence-electron chi connectivity index (χ4n) is 3.96. The Morgan fingerprint density at radius 3 is 2.53 bits per heavy atom. The first-order chi connectivity index (χ1) is 15.5. The first kappa shape index (κ1) is 21.6. The second-order valence-corrected chi connectivity index (χ2v) is 7.78. The molecule has 1 aromatic heterocycles. The molecule has 2 aromatic carbocycles. The number of amides is 1. The average Bonchev–Trinajstić information content (AvgIpc) is 2.83. The summed E-state index contributed by atoms with van der Waals surface area (Å²) in [5.41, 5.74) is 3.46. The summed E-state index contributed by atoms with van der Waals surface area (Å²) in [7, 11) is 1.65. The third-order valence-electron chi connectivity index (χ3n) is 5.75. The molecule has 0 saturated heterocycles. The number of fused-ring (bicyclic) bond motifs is 1. The number of hydrogen-bond acceptors (Lipinski definition) is 5. The first-order valence-electron chi connectivity index (χ1n) is 10.8. The lowest BCUT2D eigenvalue weighted by atomic mass is 9.99. The smallest absolute Gasteiger partial charge is 0.267 e. The number of hydrogen-bond donors (Lipinski definition) is 0. The van der Waals surface area contributed by atoms with Crippen molar-refractivity contribution in [2.75, 3.05) is 20.3 Å². The van der Waals surface area contributed by atoms with Crippen LogP contribution in [0.4, 0.5) is 0 Å². The molecule has 1 aliphatic heterocycles. The van der Waals surface area contributed by atoms with Crippen LogP contribution in [0.1, 0.15) is 31.0 Å². The van der Waals surface area contributed by atoms with Crippen molar-refractivity contribution in [2.24, 2.45) is 0 Å². The van der Waals surface area contributed by atoms with E-state index < -0.39 is 6.04 Å². The molecule has 7 heteroatoms. The number of aromatic nitrogens is 2. The molecule has 0 N–H and O–H groups in total. The van der Waals surface area contributed by atoms with Gasteiger partial charge >= 0.3 is 0 Å². The molecule has 32 heavy (non-hydrogen) atoms. The molecule has 0 fully saturated rings. The minimum atomic E-state index is -0.704. The number of benzene rings is 2. The van der Waals surface area contributed by atoms with Gasteiger partial charge in [-0.25, -0.2) is 4.68 Å². The molecule has 2 heterocycles.